The van der Waals surface area contributed by atoms with Crippen molar-refractivity contribution in [2.24, 2.45) is 0 Å². The van der Waals surface area contributed by atoms with E-state index in [0.717, 1.165) is 10.6 Å². The number of aryl methyl sites for hydroxylation is 2. The molecule has 1 amide bonds. The molecule has 0 aliphatic rings. The Morgan fingerprint density at radius 1 is 1.04 bits per heavy atom. The van der Waals surface area contributed by atoms with Crippen molar-refractivity contribution >= 4 is 23.5 Å². The molecule has 4 heteroatoms. The molecule has 0 atom stereocenters. The van der Waals surface area contributed by atoms with E-state index in [4.69, 9.17) is 4.74 Å². The summed E-state index contributed by atoms with van der Waals surface area (Å²) in [6, 6.07) is 14.1. The van der Waals surface area contributed by atoms with Crippen molar-refractivity contribution in [3.8, 4) is 0 Å². The molecular formula is C19H23NO2S. The lowest BCUT2D eigenvalue weighted by Crippen LogP contribution is -2.27. The van der Waals surface area contributed by atoms with Gasteiger partial charge in [0.2, 0.25) is 0 Å². The molecule has 2 rings (SSSR count). The summed E-state index contributed by atoms with van der Waals surface area (Å²) in [7, 11) is 0. The molecule has 122 valence electrons. The number of nitrogens with one attached hydrogen (secondary N) is 1. The highest BCUT2D eigenvalue weighted by atomic mass is 32.2. The van der Waals surface area contributed by atoms with E-state index in [-0.39, 0.29) is 0 Å². The van der Waals surface area contributed by atoms with Crippen LogP contribution in [0.4, 0.5) is 10.5 Å². The summed E-state index contributed by atoms with van der Waals surface area (Å²) in [6.45, 7) is 9.73. The van der Waals surface area contributed by atoms with E-state index < -0.39 is 11.7 Å². The minimum atomic E-state index is -0.514. The van der Waals surface area contributed by atoms with Crippen LogP contribution in [-0.2, 0) is 4.74 Å². The first-order chi connectivity index (χ1) is 10.7. The molecular weight excluding hydrogens is 306 g/mol. The number of para-hydroxylation sites is 1. The third-order valence-corrected chi connectivity index (χ3v) is 4.33. The molecule has 0 radical (unpaired) electrons. The highest BCUT2D eigenvalue weighted by Crippen LogP contribution is 2.35. The summed E-state index contributed by atoms with van der Waals surface area (Å²) in [5.41, 5.74) is 2.71. The number of benzene rings is 2. The van der Waals surface area contributed by atoms with Gasteiger partial charge in [-0.2, -0.15) is 0 Å². The predicted octanol–water partition coefficient (Wildman–Crippen LogP) is 5.80. The maximum atomic E-state index is 12.0. The maximum absolute atomic E-state index is 12.0. The molecule has 0 saturated carbocycles. The smallest absolute Gasteiger partial charge is 0.412 e. The zero-order valence-corrected chi connectivity index (χ0v) is 15.1. The van der Waals surface area contributed by atoms with Crippen LogP contribution >= 0.6 is 11.8 Å². The van der Waals surface area contributed by atoms with Gasteiger partial charge in [0.1, 0.15) is 5.60 Å². The standard InChI is InChI=1S/C19H23NO2S/c1-13-10-11-16(14(2)12-13)23-17-9-7-6-8-15(17)20-18(21)22-19(3,4)5/h6-12H,1-5H3,(H,20,21). The van der Waals surface area contributed by atoms with Gasteiger partial charge >= 0.3 is 6.09 Å². The van der Waals surface area contributed by atoms with Crippen LogP contribution in [0.15, 0.2) is 52.3 Å². The predicted molar refractivity (Wildman–Crippen MR) is 96.3 cm³/mol. The molecule has 2 aromatic carbocycles. The fraction of sp³-hybridized carbons (Fsp3) is 0.316. The van der Waals surface area contributed by atoms with E-state index in [1.165, 1.54) is 16.0 Å². The third-order valence-electron chi connectivity index (χ3n) is 3.07. The van der Waals surface area contributed by atoms with Crippen LogP contribution in [0.25, 0.3) is 0 Å². The SMILES string of the molecule is Cc1ccc(Sc2ccccc2NC(=O)OC(C)(C)C)c(C)c1. The Kier molecular flexibility index (Phi) is 5.37. The van der Waals surface area contributed by atoms with Gasteiger partial charge in [-0.1, -0.05) is 41.6 Å². The third kappa shape index (κ3) is 5.32. The van der Waals surface area contributed by atoms with Gasteiger partial charge in [-0.3, -0.25) is 5.32 Å². The quantitative estimate of drug-likeness (QED) is 0.773. The summed E-state index contributed by atoms with van der Waals surface area (Å²) >= 11 is 1.64. The van der Waals surface area contributed by atoms with Crippen LogP contribution in [0.3, 0.4) is 0 Å². The van der Waals surface area contributed by atoms with Crippen molar-refractivity contribution < 1.29 is 9.53 Å². The fourth-order valence-corrected chi connectivity index (χ4v) is 3.07. The van der Waals surface area contributed by atoms with Gasteiger partial charge in [0, 0.05) is 9.79 Å². The molecule has 0 fully saturated rings. The summed E-state index contributed by atoms with van der Waals surface area (Å²) in [4.78, 5) is 14.2. The number of rotatable bonds is 3. The largest absolute Gasteiger partial charge is 0.444 e. The van der Waals surface area contributed by atoms with Gasteiger partial charge in [-0.05, 0) is 58.4 Å². The van der Waals surface area contributed by atoms with Gasteiger partial charge in [0.15, 0.2) is 0 Å². The number of carbonyl (C=O) groups excluding carboxylic acids is 1. The number of ether oxygens (including phenoxy) is 1. The van der Waals surface area contributed by atoms with Crippen molar-refractivity contribution in [1.29, 1.82) is 0 Å². The second-order valence-corrected chi connectivity index (χ2v) is 7.58. The summed E-state index contributed by atoms with van der Waals surface area (Å²) < 4.78 is 5.33. The first kappa shape index (κ1) is 17.4. The lowest BCUT2D eigenvalue weighted by Gasteiger charge is -2.20. The van der Waals surface area contributed by atoms with Gasteiger partial charge < -0.3 is 4.74 Å². The van der Waals surface area contributed by atoms with Crippen molar-refractivity contribution in [2.75, 3.05) is 5.32 Å². The zero-order chi connectivity index (χ0) is 17.0. The van der Waals surface area contributed by atoms with Crippen molar-refractivity contribution in [2.45, 2.75) is 50.0 Å². The van der Waals surface area contributed by atoms with Crippen LogP contribution in [0.1, 0.15) is 31.9 Å². The summed E-state index contributed by atoms with van der Waals surface area (Å²) in [6.07, 6.45) is -0.439. The Bertz CT molecular complexity index is 705. The Hall–Kier alpha value is -1.94. The molecule has 0 unspecified atom stereocenters. The van der Waals surface area contributed by atoms with Crippen molar-refractivity contribution in [1.82, 2.24) is 0 Å². The van der Waals surface area contributed by atoms with Crippen LogP contribution in [0.2, 0.25) is 0 Å². The average molecular weight is 329 g/mol. The molecule has 0 aliphatic heterocycles. The molecule has 0 heterocycles. The number of anilines is 1. The molecule has 0 aliphatic carbocycles. The van der Waals surface area contributed by atoms with Crippen LogP contribution in [0.5, 0.6) is 0 Å². The molecule has 23 heavy (non-hydrogen) atoms. The minimum Gasteiger partial charge on any atom is -0.444 e. The van der Waals surface area contributed by atoms with Crippen molar-refractivity contribution in [3.05, 3.63) is 53.6 Å². The fourth-order valence-electron chi connectivity index (χ4n) is 2.10. The molecule has 0 bridgehead atoms. The summed E-state index contributed by atoms with van der Waals surface area (Å²) in [5.74, 6) is 0. The van der Waals surface area contributed by atoms with E-state index in [0.29, 0.717) is 0 Å². The topological polar surface area (TPSA) is 38.3 Å². The number of amides is 1. The molecule has 3 nitrogen and oxygen atoms in total. The van der Waals surface area contributed by atoms with Gasteiger partial charge in [-0.15, -0.1) is 0 Å². The number of hydrogen-bond acceptors (Lipinski definition) is 3. The molecule has 0 aromatic heterocycles. The lowest BCUT2D eigenvalue weighted by molar-refractivity contribution is 0.0635. The first-order valence-electron chi connectivity index (χ1n) is 7.59. The average Bonchev–Trinajstić information content (AvgIpc) is 2.41. The van der Waals surface area contributed by atoms with E-state index in [2.05, 4.69) is 37.4 Å². The molecule has 2 aromatic rings. The maximum Gasteiger partial charge on any atom is 0.412 e. The van der Waals surface area contributed by atoms with Crippen LogP contribution in [-0.4, -0.2) is 11.7 Å². The highest BCUT2D eigenvalue weighted by Gasteiger charge is 2.17. The van der Waals surface area contributed by atoms with E-state index in [1.807, 2.05) is 45.0 Å². The monoisotopic (exact) mass is 329 g/mol. The Labute approximate surface area is 142 Å². The van der Waals surface area contributed by atoms with Gasteiger partial charge in [0.25, 0.3) is 0 Å². The van der Waals surface area contributed by atoms with Crippen molar-refractivity contribution in [3.63, 3.8) is 0 Å². The van der Waals surface area contributed by atoms with Gasteiger partial charge in [0.05, 0.1) is 5.69 Å². The van der Waals surface area contributed by atoms with E-state index in [9.17, 15) is 4.79 Å². The molecule has 0 spiro atoms. The zero-order valence-electron chi connectivity index (χ0n) is 14.3. The second-order valence-electron chi connectivity index (χ2n) is 6.49. The lowest BCUT2D eigenvalue weighted by atomic mass is 10.2. The Morgan fingerprint density at radius 3 is 2.39 bits per heavy atom. The molecule has 0 saturated heterocycles. The van der Waals surface area contributed by atoms with E-state index >= 15 is 0 Å². The molecule has 1 N–H and O–H groups in total. The minimum absolute atomic E-state index is 0.439. The summed E-state index contributed by atoms with van der Waals surface area (Å²) in [5, 5.41) is 2.84. The number of carbonyl (C=O) groups is 1. The Morgan fingerprint density at radius 2 is 1.74 bits per heavy atom. The van der Waals surface area contributed by atoms with Gasteiger partial charge in [-0.25, -0.2) is 4.79 Å². The second kappa shape index (κ2) is 7.09. The number of hydrogen-bond donors (Lipinski definition) is 1. The van der Waals surface area contributed by atoms with Crippen LogP contribution < -0.4 is 5.32 Å². The van der Waals surface area contributed by atoms with E-state index in [1.54, 1.807) is 11.8 Å². The van der Waals surface area contributed by atoms with Crippen LogP contribution in [0, 0.1) is 13.8 Å². The first-order valence-corrected chi connectivity index (χ1v) is 8.40. The normalized spacial score (nSPS) is 11.2. The highest BCUT2D eigenvalue weighted by molar-refractivity contribution is 7.99. The Balaban J connectivity index is 2.19.